The molecule has 1 aliphatic rings. The number of likely N-dealkylation sites (N-methyl/N-ethyl adjacent to an activating group) is 1. The summed E-state index contributed by atoms with van der Waals surface area (Å²) in [6, 6.07) is 4.15. The smallest absolute Gasteiger partial charge is 0.243 e. The van der Waals surface area contributed by atoms with Crippen LogP contribution in [0.3, 0.4) is 0 Å². The molecule has 0 radical (unpaired) electrons. The number of carbonyl (C=O) groups excluding carboxylic acids is 1. The second-order valence-corrected chi connectivity index (χ2v) is 7.24. The number of nitrogens with one attached hydrogen (secondary N) is 2. The molecule has 1 atom stereocenters. The van der Waals surface area contributed by atoms with Gasteiger partial charge in [-0.3, -0.25) is 9.69 Å². The van der Waals surface area contributed by atoms with Crippen molar-refractivity contribution in [1.82, 2.24) is 20.4 Å². The lowest BCUT2D eigenvalue weighted by Gasteiger charge is -2.33. The van der Waals surface area contributed by atoms with Gasteiger partial charge in [-0.1, -0.05) is 19.8 Å². The summed E-state index contributed by atoms with van der Waals surface area (Å²) in [5, 5.41) is 6.76. The lowest BCUT2D eigenvalue weighted by atomic mass is 10.1. The summed E-state index contributed by atoms with van der Waals surface area (Å²) in [7, 11) is 3.50. The summed E-state index contributed by atoms with van der Waals surface area (Å²) >= 11 is 0. The molecule has 1 fully saturated rings. The first-order valence-corrected chi connectivity index (χ1v) is 10.1. The number of amides is 1. The van der Waals surface area contributed by atoms with E-state index in [1.807, 2.05) is 12.1 Å². The van der Waals surface area contributed by atoms with E-state index >= 15 is 0 Å². The average molecular weight is 378 g/mol. The number of hydrogen-bond donors (Lipinski definition) is 2. The molecule has 1 amide bonds. The number of guanidine groups is 1. The van der Waals surface area contributed by atoms with Crippen molar-refractivity contribution in [2.45, 2.75) is 45.1 Å². The Balaban J connectivity index is 2.01. The maximum Gasteiger partial charge on any atom is 0.243 e. The Morgan fingerprint density at radius 3 is 2.70 bits per heavy atom. The molecular formula is C20H35N5O2. The average Bonchev–Trinajstić information content (AvgIpc) is 3.20. The van der Waals surface area contributed by atoms with Gasteiger partial charge in [0.05, 0.1) is 12.3 Å². The third-order valence-electron chi connectivity index (χ3n) is 4.86. The van der Waals surface area contributed by atoms with Crippen molar-refractivity contribution >= 4 is 11.9 Å². The molecule has 0 aliphatic carbocycles. The SMILES string of the molecule is CCCCNC(=NCC(=O)N(C)C)NCC(c1ccco1)N1CCCCC1. The zero-order valence-electron chi connectivity index (χ0n) is 17.0. The fraction of sp³-hybridized carbons (Fsp3) is 0.700. The number of nitrogens with zero attached hydrogens (tertiary/aromatic N) is 3. The van der Waals surface area contributed by atoms with Crippen LogP contribution in [0.5, 0.6) is 0 Å². The maximum absolute atomic E-state index is 11.9. The molecule has 2 heterocycles. The number of carbonyl (C=O) groups is 1. The van der Waals surface area contributed by atoms with E-state index in [1.165, 1.54) is 19.3 Å². The van der Waals surface area contributed by atoms with Crippen molar-refractivity contribution in [2.75, 3.05) is 46.8 Å². The standard InChI is InChI=1S/C20H35N5O2/c1-4-5-11-21-20(23-16-19(26)24(2)3)22-15-17(18-10-9-14-27-18)25-12-7-6-8-13-25/h9-10,14,17H,4-8,11-13,15-16H2,1-3H3,(H2,21,22,23). The van der Waals surface area contributed by atoms with Crippen LogP contribution in [0.15, 0.2) is 27.8 Å². The number of hydrogen-bond acceptors (Lipinski definition) is 4. The minimum absolute atomic E-state index is 0.00907. The number of unbranched alkanes of at least 4 members (excludes halogenated alkanes) is 1. The van der Waals surface area contributed by atoms with Gasteiger partial charge >= 0.3 is 0 Å². The fourth-order valence-electron chi connectivity index (χ4n) is 3.16. The lowest BCUT2D eigenvalue weighted by Crippen LogP contribution is -2.45. The molecular weight excluding hydrogens is 342 g/mol. The van der Waals surface area contributed by atoms with E-state index in [4.69, 9.17) is 4.42 Å². The van der Waals surface area contributed by atoms with Crippen molar-refractivity contribution in [2.24, 2.45) is 4.99 Å². The van der Waals surface area contributed by atoms with Gasteiger partial charge in [-0.25, -0.2) is 4.99 Å². The van der Waals surface area contributed by atoms with E-state index in [9.17, 15) is 4.79 Å². The van der Waals surface area contributed by atoms with Crippen LogP contribution in [0.25, 0.3) is 0 Å². The molecule has 27 heavy (non-hydrogen) atoms. The Morgan fingerprint density at radius 2 is 2.07 bits per heavy atom. The number of aliphatic imine (C=N–C) groups is 1. The van der Waals surface area contributed by atoms with Crippen molar-refractivity contribution in [3.05, 3.63) is 24.2 Å². The van der Waals surface area contributed by atoms with Crippen LogP contribution in [0, 0.1) is 0 Å². The second kappa shape index (κ2) is 11.6. The zero-order chi connectivity index (χ0) is 19.5. The monoisotopic (exact) mass is 377 g/mol. The van der Waals surface area contributed by atoms with Crippen molar-refractivity contribution in [3.8, 4) is 0 Å². The molecule has 1 aromatic heterocycles. The highest BCUT2D eigenvalue weighted by molar-refractivity contribution is 5.84. The van der Waals surface area contributed by atoms with Gasteiger partial charge in [0.15, 0.2) is 5.96 Å². The van der Waals surface area contributed by atoms with Crippen molar-refractivity contribution in [3.63, 3.8) is 0 Å². The van der Waals surface area contributed by atoms with E-state index in [-0.39, 0.29) is 18.5 Å². The Hall–Kier alpha value is -2.02. The molecule has 1 unspecified atom stereocenters. The fourth-order valence-corrected chi connectivity index (χ4v) is 3.16. The first-order chi connectivity index (χ1) is 13.1. The first-order valence-electron chi connectivity index (χ1n) is 10.1. The number of piperidine rings is 1. The summed E-state index contributed by atoms with van der Waals surface area (Å²) in [6.45, 7) is 6.01. The van der Waals surface area contributed by atoms with Gasteiger partial charge in [0.25, 0.3) is 0 Å². The Bertz CT molecular complexity index is 565. The van der Waals surface area contributed by atoms with Crippen LogP contribution in [0.2, 0.25) is 0 Å². The Labute approximate surface area is 163 Å². The van der Waals surface area contributed by atoms with Gasteiger partial charge in [0.1, 0.15) is 12.3 Å². The molecule has 7 heteroatoms. The van der Waals surface area contributed by atoms with E-state index in [1.54, 1.807) is 25.3 Å². The molecule has 0 aromatic carbocycles. The quantitative estimate of drug-likeness (QED) is 0.392. The van der Waals surface area contributed by atoms with Crippen LogP contribution in [-0.4, -0.2) is 68.5 Å². The van der Waals surface area contributed by atoms with E-state index < -0.39 is 0 Å². The summed E-state index contributed by atoms with van der Waals surface area (Å²) in [5.74, 6) is 1.65. The van der Waals surface area contributed by atoms with Gasteiger partial charge in [-0.15, -0.1) is 0 Å². The number of likely N-dealkylation sites (tertiary alicyclic amines) is 1. The molecule has 2 N–H and O–H groups in total. The molecule has 0 saturated carbocycles. The molecule has 0 bridgehead atoms. The lowest BCUT2D eigenvalue weighted by molar-refractivity contribution is -0.127. The Morgan fingerprint density at radius 1 is 1.30 bits per heavy atom. The molecule has 1 aliphatic heterocycles. The summed E-state index contributed by atoms with van der Waals surface area (Å²) in [6.07, 6.45) is 7.66. The van der Waals surface area contributed by atoms with Gasteiger partial charge in [-0.05, 0) is 44.5 Å². The highest BCUT2D eigenvalue weighted by Crippen LogP contribution is 2.24. The summed E-state index contributed by atoms with van der Waals surface area (Å²) in [5.41, 5.74) is 0. The third kappa shape index (κ3) is 7.25. The first kappa shape index (κ1) is 21.3. The van der Waals surface area contributed by atoms with E-state index in [0.29, 0.717) is 12.5 Å². The molecule has 1 aromatic rings. The van der Waals surface area contributed by atoms with Crippen LogP contribution in [-0.2, 0) is 4.79 Å². The number of furan rings is 1. The molecule has 7 nitrogen and oxygen atoms in total. The maximum atomic E-state index is 11.9. The molecule has 152 valence electrons. The van der Waals surface area contributed by atoms with E-state index in [0.717, 1.165) is 38.2 Å². The van der Waals surface area contributed by atoms with Crippen LogP contribution in [0.4, 0.5) is 0 Å². The van der Waals surface area contributed by atoms with Crippen molar-refractivity contribution in [1.29, 1.82) is 0 Å². The van der Waals surface area contributed by atoms with Crippen molar-refractivity contribution < 1.29 is 9.21 Å². The third-order valence-corrected chi connectivity index (χ3v) is 4.86. The topological polar surface area (TPSA) is 73.1 Å². The highest BCUT2D eigenvalue weighted by atomic mass is 16.3. The minimum Gasteiger partial charge on any atom is -0.468 e. The minimum atomic E-state index is -0.00907. The van der Waals surface area contributed by atoms with Gasteiger partial charge in [0, 0.05) is 27.2 Å². The summed E-state index contributed by atoms with van der Waals surface area (Å²) < 4.78 is 5.71. The van der Waals surface area contributed by atoms with Gasteiger partial charge in [0.2, 0.25) is 5.91 Å². The summed E-state index contributed by atoms with van der Waals surface area (Å²) in [4.78, 5) is 20.4. The largest absolute Gasteiger partial charge is 0.468 e. The van der Waals surface area contributed by atoms with E-state index in [2.05, 4.69) is 27.4 Å². The number of rotatable bonds is 9. The Kier molecular flexibility index (Phi) is 9.18. The second-order valence-electron chi connectivity index (χ2n) is 7.24. The molecule has 0 spiro atoms. The normalized spacial score (nSPS) is 16.8. The predicted octanol–water partition coefficient (Wildman–Crippen LogP) is 2.23. The zero-order valence-corrected chi connectivity index (χ0v) is 17.0. The van der Waals surface area contributed by atoms with Crippen LogP contribution in [0.1, 0.15) is 50.8 Å². The van der Waals surface area contributed by atoms with Crippen LogP contribution < -0.4 is 10.6 Å². The molecule has 2 rings (SSSR count). The predicted molar refractivity (Wildman–Crippen MR) is 109 cm³/mol. The van der Waals surface area contributed by atoms with Gasteiger partial charge in [-0.2, -0.15) is 0 Å². The van der Waals surface area contributed by atoms with Crippen LogP contribution >= 0.6 is 0 Å². The van der Waals surface area contributed by atoms with Gasteiger partial charge < -0.3 is 20.0 Å². The highest BCUT2D eigenvalue weighted by Gasteiger charge is 2.24. The molecule has 1 saturated heterocycles.